The first kappa shape index (κ1) is 38.3. The molecule has 0 radical (unpaired) electrons. The topological polar surface area (TPSA) is 134 Å². The van der Waals surface area contributed by atoms with Gasteiger partial charge in [-0.3, -0.25) is 14.3 Å². The first-order valence-corrected chi connectivity index (χ1v) is 21.4. The van der Waals surface area contributed by atoms with Gasteiger partial charge >= 0.3 is 0 Å². The molecule has 3 aromatic heterocycles. The van der Waals surface area contributed by atoms with E-state index in [0.29, 0.717) is 37.5 Å². The molecule has 1 saturated heterocycles. The molecule has 2 amide bonds. The van der Waals surface area contributed by atoms with Crippen molar-refractivity contribution >= 4 is 27.7 Å². The van der Waals surface area contributed by atoms with Gasteiger partial charge in [-0.2, -0.15) is 14.6 Å². The molecular weight excluding hydrogens is 693 g/mol. The first-order chi connectivity index (χ1) is 24.9. The molecule has 3 aliphatic rings. The van der Waals surface area contributed by atoms with Gasteiger partial charge in [0.05, 0.1) is 25.1 Å². The molecule has 4 heterocycles. The Morgan fingerprint density at radius 3 is 2.44 bits per heavy atom. The second-order valence-corrected chi connectivity index (χ2v) is 19.8. The Morgan fingerprint density at radius 2 is 1.79 bits per heavy atom. The van der Waals surface area contributed by atoms with Crippen molar-refractivity contribution in [1.29, 1.82) is 0 Å². The van der Waals surface area contributed by atoms with Crippen molar-refractivity contribution in [2.45, 2.75) is 90.8 Å². The highest BCUT2D eigenvalue weighted by Crippen LogP contribution is 2.51. The number of nitrogens with one attached hydrogen (secondary N) is 2. The van der Waals surface area contributed by atoms with E-state index in [2.05, 4.69) is 44.6 Å². The van der Waals surface area contributed by atoms with Gasteiger partial charge in [0.15, 0.2) is 17.8 Å². The van der Waals surface area contributed by atoms with E-state index in [-0.39, 0.29) is 54.4 Å². The maximum Gasteiger partial charge on any atom is 0.273 e. The SMILES string of the molecule is Cc1nn(COCCS(C)(C)C)c(C)c1-c1ccc(NC(=O)C(NC(=O)c2c(F)cnn2CCCOC2CCCCO2)C(C2CC2)C2CC2)nc1F. The van der Waals surface area contributed by atoms with Gasteiger partial charge in [-0.1, -0.05) is 0 Å². The van der Waals surface area contributed by atoms with Crippen LogP contribution in [-0.4, -0.2) is 93.0 Å². The second-order valence-electron chi connectivity index (χ2n) is 15.2. The van der Waals surface area contributed by atoms with E-state index in [1.807, 2.05) is 13.8 Å². The molecule has 3 aromatic rings. The van der Waals surface area contributed by atoms with Gasteiger partial charge in [0.1, 0.15) is 18.6 Å². The molecule has 2 unspecified atom stereocenters. The molecule has 2 saturated carbocycles. The molecule has 12 nitrogen and oxygen atoms in total. The minimum Gasteiger partial charge on any atom is -0.358 e. The van der Waals surface area contributed by atoms with Crippen LogP contribution in [0.15, 0.2) is 18.3 Å². The number of hydrogen-bond acceptors (Lipinski definition) is 8. The minimum absolute atomic E-state index is 0.0183. The summed E-state index contributed by atoms with van der Waals surface area (Å²) in [5.41, 5.74) is 2.02. The van der Waals surface area contributed by atoms with Gasteiger partial charge in [0.25, 0.3) is 5.91 Å². The van der Waals surface area contributed by atoms with E-state index in [4.69, 9.17) is 14.2 Å². The first-order valence-electron chi connectivity index (χ1n) is 18.4. The Hall–Kier alpha value is -3.40. The van der Waals surface area contributed by atoms with Crippen molar-refractivity contribution < 1.29 is 32.6 Å². The van der Waals surface area contributed by atoms with E-state index in [1.165, 1.54) is 4.68 Å². The van der Waals surface area contributed by atoms with Crippen LogP contribution in [0.4, 0.5) is 14.6 Å². The lowest BCUT2D eigenvalue weighted by Gasteiger charge is -2.27. The van der Waals surface area contributed by atoms with Gasteiger partial charge in [0, 0.05) is 35.7 Å². The van der Waals surface area contributed by atoms with Crippen molar-refractivity contribution in [2.75, 3.05) is 49.7 Å². The smallest absolute Gasteiger partial charge is 0.273 e. The van der Waals surface area contributed by atoms with Gasteiger partial charge in [-0.05, 0) is 114 Å². The van der Waals surface area contributed by atoms with Crippen LogP contribution in [0.5, 0.6) is 0 Å². The van der Waals surface area contributed by atoms with E-state index in [0.717, 1.165) is 62.6 Å². The molecule has 1 aliphatic heterocycles. The average molecular weight is 746 g/mol. The molecule has 3 fully saturated rings. The Kier molecular flexibility index (Phi) is 12.3. The van der Waals surface area contributed by atoms with Gasteiger partial charge < -0.3 is 24.8 Å². The molecule has 6 rings (SSSR count). The number of nitrogens with zero attached hydrogens (tertiary/aromatic N) is 5. The number of hydrogen-bond donors (Lipinski definition) is 2. The molecule has 0 bridgehead atoms. The van der Waals surface area contributed by atoms with E-state index in [1.54, 1.807) is 16.8 Å². The zero-order valence-electron chi connectivity index (χ0n) is 31.0. The molecular formula is C37H53F2N7O5S. The number of aryl methyl sites for hydroxylation is 2. The van der Waals surface area contributed by atoms with Crippen molar-refractivity contribution in [2.24, 2.45) is 17.8 Å². The molecule has 286 valence electrons. The second kappa shape index (κ2) is 16.7. The van der Waals surface area contributed by atoms with Crippen molar-refractivity contribution in [3.8, 4) is 11.1 Å². The minimum atomic E-state index is -0.964. The monoisotopic (exact) mass is 745 g/mol. The molecule has 2 atom stereocenters. The summed E-state index contributed by atoms with van der Waals surface area (Å²) < 4.78 is 51.0. The molecule has 2 N–H and O–H groups in total. The third kappa shape index (κ3) is 9.77. The van der Waals surface area contributed by atoms with E-state index >= 15 is 8.78 Å². The summed E-state index contributed by atoms with van der Waals surface area (Å²) in [4.78, 5) is 31.8. The number of aromatic nitrogens is 5. The lowest BCUT2D eigenvalue weighted by molar-refractivity contribution is -0.163. The van der Waals surface area contributed by atoms with E-state index < -0.39 is 39.6 Å². The normalized spacial score (nSPS) is 18.8. The van der Waals surface area contributed by atoms with Crippen LogP contribution in [0.2, 0.25) is 0 Å². The van der Waals surface area contributed by atoms with Gasteiger partial charge in [0.2, 0.25) is 11.9 Å². The third-order valence-corrected chi connectivity index (χ3v) is 11.4. The highest BCUT2D eigenvalue weighted by atomic mass is 32.3. The number of amides is 2. The van der Waals surface area contributed by atoms with Crippen LogP contribution >= 0.6 is 10.0 Å². The third-order valence-electron chi connectivity index (χ3n) is 10.1. The number of anilines is 1. The predicted molar refractivity (Wildman–Crippen MR) is 196 cm³/mol. The molecule has 2 aliphatic carbocycles. The Morgan fingerprint density at radius 1 is 1.04 bits per heavy atom. The van der Waals surface area contributed by atoms with Crippen LogP contribution in [-0.2, 0) is 32.3 Å². The summed E-state index contributed by atoms with van der Waals surface area (Å²) >= 11 is 0. The highest BCUT2D eigenvalue weighted by molar-refractivity contribution is 8.32. The van der Waals surface area contributed by atoms with Gasteiger partial charge in [-0.25, -0.2) is 24.1 Å². The van der Waals surface area contributed by atoms with Crippen LogP contribution in [0.1, 0.15) is 73.2 Å². The van der Waals surface area contributed by atoms with Gasteiger partial charge in [-0.15, -0.1) is 0 Å². The number of carbonyl (C=O) groups is 2. The van der Waals surface area contributed by atoms with Crippen molar-refractivity contribution in [3.05, 3.63) is 47.2 Å². The van der Waals surface area contributed by atoms with Crippen LogP contribution in [0.3, 0.4) is 0 Å². The van der Waals surface area contributed by atoms with Crippen molar-refractivity contribution in [1.82, 2.24) is 29.9 Å². The fourth-order valence-electron chi connectivity index (χ4n) is 7.03. The highest BCUT2D eigenvalue weighted by Gasteiger charge is 2.48. The van der Waals surface area contributed by atoms with Crippen LogP contribution in [0, 0.1) is 43.4 Å². The largest absolute Gasteiger partial charge is 0.358 e. The molecule has 15 heteroatoms. The summed E-state index contributed by atoms with van der Waals surface area (Å²) in [6, 6.07) is 2.16. The number of halogens is 2. The maximum atomic E-state index is 15.7. The molecule has 0 spiro atoms. The van der Waals surface area contributed by atoms with Crippen molar-refractivity contribution in [3.63, 3.8) is 0 Å². The predicted octanol–water partition coefficient (Wildman–Crippen LogP) is 5.81. The number of rotatable bonds is 18. The quantitative estimate of drug-likeness (QED) is 0.123. The zero-order valence-corrected chi connectivity index (χ0v) is 31.8. The van der Waals surface area contributed by atoms with Crippen LogP contribution in [0.25, 0.3) is 11.1 Å². The Bertz CT molecular complexity index is 1700. The Balaban J connectivity index is 1.13. The summed E-state index contributed by atoms with van der Waals surface area (Å²) in [6.07, 6.45) is 14.7. The van der Waals surface area contributed by atoms with Crippen LogP contribution < -0.4 is 10.6 Å². The fourth-order valence-corrected chi connectivity index (χ4v) is 7.65. The molecule has 0 aromatic carbocycles. The summed E-state index contributed by atoms with van der Waals surface area (Å²) in [6.45, 7) is 5.85. The average Bonchev–Trinajstić information content (AvgIpc) is 4.04. The summed E-state index contributed by atoms with van der Waals surface area (Å²) in [7, 11) is -0.682. The lowest BCUT2D eigenvalue weighted by Crippen LogP contribution is -2.50. The van der Waals surface area contributed by atoms with E-state index in [9.17, 15) is 9.59 Å². The number of ether oxygens (including phenoxy) is 3. The fraction of sp³-hybridized carbons (Fsp3) is 0.649. The standard InChI is InChI=1S/C37H53F2N7O5S/c1-23-31(24(2)46(44-23)22-49-19-20-52(3,4)5)27-14-15-29(41-35(27)39)42-36(47)33(32(25-10-11-25)26-12-13-26)43-37(48)34-28(38)21-40-45(34)16-8-18-51-30-9-6-7-17-50-30/h14-15,21,25-26,30,32-33H,6-13,16-20,22H2,1-5H3,(H,43,48)(H,41,42,47). The lowest BCUT2D eigenvalue weighted by atomic mass is 9.88. The zero-order chi connectivity index (χ0) is 37.0. The number of carbonyl (C=O) groups excluding carboxylic acids is 2. The number of pyridine rings is 1. The maximum absolute atomic E-state index is 15.7. The summed E-state index contributed by atoms with van der Waals surface area (Å²) in [5.74, 6) is -1.36. The summed E-state index contributed by atoms with van der Waals surface area (Å²) in [5, 5.41) is 14.3. The molecule has 52 heavy (non-hydrogen) atoms. The Labute approximate surface area is 306 Å².